The zero-order valence-corrected chi connectivity index (χ0v) is 9.00. The summed E-state index contributed by atoms with van der Waals surface area (Å²) in [6.07, 6.45) is 0. The SMILES string of the molecule is COCC(C)(C)Nc1ccccc1N. The van der Waals surface area contributed by atoms with Gasteiger partial charge in [-0.2, -0.15) is 0 Å². The van der Waals surface area contributed by atoms with E-state index < -0.39 is 0 Å². The summed E-state index contributed by atoms with van der Waals surface area (Å²) in [7, 11) is 1.69. The molecule has 0 aromatic heterocycles. The van der Waals surface area contributed by atoms with Crippen LogP contribution in [0.5, 0.6) is 0 Å². The molecule has 0 spiro atoms. The van der Waals surface area contributed by atoms with Crippen LogP contribution in [-0.4, -0.2) is 19.3 Å². The van der Waals surface area contributed by atoms with E-state index in [2.05, 4.69) is 19.2 Å². The highest BCUT2D eigenvalue weighted by atomic mass is 16.5. The molecule has 1 rings (SSSR count). The number of nitrogen functional groups attached to an aromatic ring is 1. The van der Waals surface area contributed by atoms with Crippen molar-refractivity contribution in [2.75, 3.05) is 24.8 Å². The van der Waals surface area contributed by atoms with E-state index in [9.17, 15) is 0 Å². The molecule has 0 saturated carbocycles. The van der Waals surface area contributed by atoms with Crippen molar-refractivity contribution < 1.29 is 4.74 Å². The van der Waals surface area contributed by atoms with Gasteiger partial charge in [0.2, 0.25) is 0 Å². The number of anilines is 2. The third kappa shape index (κ3) is 2.92. The van der Waals surface area contributed by atoms with Crippen LogP contribution in [0.3, 0.4) is 0 Å². The number of para-hydroxylation sites is 2. The van der Waals surface area contributed by atoms with Gasteiger partial charge in [-0.1, -0.05) is 12.1 Å². The van der Waals surface area contributed by atoms with Crippen molar-refractivity contribution >= 4 is 11.4 Å². The minimum atomic E-state index is -0.107. The molecule has 1 aromatic rings. The first-order valence-electron chi connectivity index (χ1n) is 4.67. The van der Waals surface area contributed by atoms with E-state index in [1.807, 2.05) is 24.3 Å². The molecule has 0 aliphatic rings. The fourth-order valence-electron chi connectivity index (χ4n) is 1.37. The molecule has 0 aliphatic carbocycles. The molecule has 78 valence electrons. The molecule has 0 aliphatic heterocycles. The monoisotopic (exact) mass is 194 g/mol. The van der Waals surface area contributed by atoms with E-state index in [4.69, 9.17) is 10.5 Å². The summed E-state index contributed by atoms with van der Waals surface area (Å²) >= 11 is 0. The van der Waals surface area contributed by atoms with Crippen LogP contribution >= 0.6 is 0 Å². The molecule has 3 heteroatoms. The van der Waals surface area contributed by atoms with Crippen molar-refractivity contribution in [3.63, 3.8) is 0 Å². The first-order chi connectivity index (χ1) is 6.55. The maximum atomic E-state index is 5.82. The Hall–Kier alpha value is -1.22. The molecule has 0 radical (unpaired) electrons. The first kappa shape index (κ1) is 10.9. The number of nitrogens with one attached hydrogen (secondary N) is 1. The Morgan fingerprint density at radius 2 is 2.00 bits per heavy atom. The predicted molar refractivity (Wildman–Crippen MR) is 60.4 cm³/mol. The molecule has 3 N–H and O–H groups in total. The first-order valence-corrected chi connectivity index (χ1v) is 4.67. The summed E-state index contributed by atoms with van der Waals surface area (Å²) in [5, 5.41) is 3.34. The largest absolute Gasteiger partial charge is 0.397 e. The lowest BCUT2D eigenvalue weighted by molar-refractivity contribution is 0.158. The van der Waals surface area contributed by atoms with E-state index in [-0.39, 0.29) is 5.54 Å². The average Bonchev–Trinajstić information content (AvgIpc) is 2.08. The molecule has 3 nitrogen and oxygen atoms in total. The highest BCUT2D eigenvalue weighted by Gasteiger charge is 2.17. The average molecular weight is 194 g/mol. The molecule has 1 aromatic carbocycles. The van der Waals surface area contributed by atoms with Crippen molar-refractivity contribution in [2.45, 2.75) is 19.4 Å². The van der Waals surface area contributed by atoms with E-state index in [0.717, 1.165) is 11.4 Å². The topological polar surface area (TPSA) is 47.3 Å². The molecule has 0 saturated heterocycles. The second-order valence-corrected chi connectivity index (χ2v) is 4.03. The van der Waals surface area contributed by atoms with Crippen molar-refractivity contribution in [1.29, 1.82) is 0 Å². The van der Waals surface area contributed by atoms with Crippen LogP contribution in [0.1, 0.15) is 13.8 Å². The number of benzene rings is 1. The van der Waals surface area contributed by atoms with Gasteiger partial charge in [-0.3, -0.25) is 0 Å². The number of methoxy groups -OCH3 is 1. The van der Waals surface area contributed by atoms with Gasteiger partial charge >= 0.3 is 0 Å². The van der Waals surface area contributed by atoms with Gasteiger partial charge in [-0.25, -0.2) is 0 Å². The molecule has 0 heterocycles. The predicted octanol–water partition coefficient (Wildman–Crippen LogP) is 2.11. The lowest BCUT2D eigenvalue weighted by Gasteiger charge is -2.27. The minimum absolute atomic E-state index is 0.107. The lowest BCUT2D eigenvalue weighted by atomic mass is 10.1. The van der Waals surface area contributed by atoms with Gasteiger partial charge in [-0.15, -0.1) is 0 Å². The van der Waals surface area contributed by atoms with E-state index in [1.54, 1.807) is 7.11 Å². The molecular formula is C11H18N2O. The van der Waals surface area contributed by atoms with Gasteiger partial charge in [0, 0.05) is 7.11 Å². The van der Waals surface area contributed by atoms with Crippen LogP contribution in [0.25, 0.3) is 0 Å². The zero-order chi connectivity index (χ0) is 10.6. The summed E-state index contributed by atoms with van der Waals surface area (Å²) in [6, 6.07) is 7.73. The molecular weight excluding hydrogens is 176 g/mol. The summed E-state index contributed by atoms with van der Waals surface area (Å²) < 4.78 is 5.12. The molecule has 0 bridgehead atoms. The Bertz CT molecular complexity index is 297. The molecule has 0 unspecified atom stereocenters. The molecule has 0 fully saturated rings. The van der Waals surface area contributed by atoms with Crippen molar-refractivity contribution in [1.82, 2.24) is 0 Å². The third-order valence-electron chi connectivity index (χ3n) is 1.94. The van der Waals surface area contributed by atoms with Gasteiger partial charge < -0.3 is 15.8 Å². The van der Waals surface area contributed by atoms with Crippen LogP contribution in [0.15, 0.2) is 24.3 Å². The fraction of sp³-hybridized carbons (Fsp3) is 0.455. The number of hydrogen-bond acceptors (Lipinski definition) is 3. The quantitative estimate of drug-likeness (QED) is 0.722. The Kier molecular flexibility index (Phi) is 3.36. The van der Waals surface area contributed by atoms with Crippen molar-refractivity contribution in [2.24, 2.45) is 0 Å². The van der Waals surface area contributed by atoms with Gasteiger partial charge in [0.1, 0.15) is 0 Å². The summed E-state index contributed by atoms with van der Waals surface area (Å²) in [6.45, 7) is 4.78. The fourth-order valence-corrected chi connectivity index (χ4v) is 1.37. The summed E-state index contributed by atoms with van der Waals surface area (Å²) in [5.41, 5.74) is 7.43. The Balaban J connectivity index is 2.73. The van der Waals surface area contributed by atoms with Crippen LogP contribution in [0.2, 0.25) is 0 Å². The summed E-state index contributed by atoms with van der Waals surface area (Å²) in [4.78, 5) is 0. The normalized spacial score (nSPS) is 11.4. The van der Waals surface area contributed by atoms with Crippen LogP contribution in [-0.2, 0) is 4.74 Å². The second kappa shape index (κ2) is 4.33. The number of hydrogen-bond donors (Lipinski definition) is 2. The van der Waals surface area contributed by atoms with Crippen LogP contribution < -0.4 is 11.1 Å². The highest BCUT2D eigenvalue weighted by Crippen LogP contribution is 2.21. The van der Waals surface area contributed by atoms with Crippen molar-refractivity contribution in [3.05, 3.63) is 24.3 Å². The van der Waals surface area contributed by atoms with Crippen molar-refractivity contribution in [3.8, 4) is 0 Å². The van der Waals surface area contributed by atoms with Gasteiger partial charge in [0.25, 0.3) is 0 Å². The third-order valence-corrected chi connectivity index (χ3v) is 1.94. The van der Waals surface area contributed by atoms with E-state index in [0.29, 0.717) is 6.61 Å². The smallest absolute Gasteiger partial charge is 0.0687 e. The maximum absolute atomic E-state index is 5.82. The summed E-state index contributed by atoms with van der Waals surface area (Å²) in [5.74, 6) is 0. The van der Waals surface area contributed by atoms with Crippen LogP contribution in [0.4, 0.5) is 11.4 Å². The number of nitrogens with two attached hydrogens (primary N) is 1. The Morgan fingerprint density at radius 3 is 2.57 bits per heavy atom. The van der Waals surface area contributed by atoms with Gasteiger partial charge in [0.05, 0.1) is 23.5 Å². The standard InChI is InChI=1S/C11H18N2O/c1-11(2,8-14-3)13-10-7-5-4-6-9(10)12/h4-7,13H,8,12H2,1-3H3. The van der Waals surface area contributed by atoms with Crippen LogP contribution in [0, 0.1) is 0 Å². The zero-order valence-electron chi connectivity index (χ0n) is 9.00. The molecule has 0 atom stereocenters. The van der Waals surface area contributed by atoms with E-state index in [1.165, 1.54) is 0 Å². The second-order valence-electron chi connectivity index (χ2n) is 4.03. The molecule has 0 amide bonds. The van der Waals surface area contributed by atoms with Gasteiger partial charge in [-0.05, 0) is 26.0 Å². The lowest BCUT2D eigenvalue weighted by Crippen LogP contribution is -2.36. The van der Waals surface area contributed by atoms with E-state index >= 15 is 0 Å². The Labute approximate surface area is 85.3 Å². The highest BCUT2D eigenvalue weighted by molar-refractivity contribution is 5.66. The number of rotatable bonds is 4. The number of ether oxygens (including phenoxy) is 1. The molecule has 14 heavy (non-hydrogen) atoms. The maximum Gasteiger partial charge on any atom is 0.0687 e. The minimum Gasteiger partial charge on any atom is -0.397 e. The van der Waals surface area contributed by atoms with Gasteiger partial charge in [0.15, 0.2) is 0 Å². The Morgan fingerprint density at radius 1 is 1.36 bits per heavy atom.